The first-order valence-corrected chi connectivity index (χ1v) is 21.5. The molecule has 0 aromatic heterocycles. The van der Waals surface area contributed by atoms with Crippen molar-refractivity contribution in [1.82, 2.24) is 10.2 Å². The maximum absolute atomic E-state index is 14.3. The summed E-state index contributed by atoms with van der Waals surface area (Å²) in [6, 6.07) is 10.5. The SMILES string of the molecule is CNCCN(Cc1ccccc1)CC(O)C12CC[C@]3(C)[C@H](CC[C@@H]4[C@@]5(C)CC[C@H](OC(=O)CC(C)(C)C(=O)O)C(C)(C)[C@@H]5CC[C@]43C)C1=C(C(C)C)C(=O)C2. The average Bonchev–Trinajstić information content (AvgIpc) is 3.42. The van der Waals surface area contributed by atoms with Gasteiger partial charge in [-0.3, -0.25) is 19.3 Å². The van der Waals surface area contributed by atoms with Crippen molar-refractivity contribution in [3.05, 3.63) is 47.0 Å². The van der Waals surface area contributed by atoms with Crippen LogP contribution < -0.4 is 5.32 Å². The fourth-order valence-electron chi connectivity index (χ4n) is 13.7. The van der Waals surface area contributed by atoms with Crippen molar-refractivity contribution in [2.45, 2.75) is 145 Å². The molecule has 1 aromatic rings. The standard InChI is InChI=1S/C47H72N2O6/c1-30(2)39-33(50)26-47(36(51)29-49(25-24-48-10)28-31-14-12-11-13-15-31)23-22-45(8)32(40(39)47)16-17-35-44(7)20-19-37(55-38(52)27-42(3,4)41(53)54)43(5,6)34(44)18-21-46(35,45)9/h11-15,30,32,34-37,48,51H,16-29H2,1-10H3,(H,53,54)/t32-,34+,35-,36?,37+,44+,45-,46-,47?/m1/s1. The van der Waals surface area contributed by atoms with Crippen LogP contribution in [0.3, 0.4) is 0 Å². The van der Waals surface area contributed by atoms with Crippen molar-refractivity contribution in [2.24, 2.45) is 56.2 Å². The van der Waals surface area contributed by atoms with Gasteiger partial charge >= 0.3 is 11.9 Å². The number of carbonyl (C=O) groups is 3. The molecule has 5 aliphatic carbocycles. The number of allylic oxidation sites excluding steroid dienone is 1. The lowest BCUT2D eigenvalue weighted by molar-refractivity contribution is -0.235. The fourth-order valence-corrected chi connectivity index (χ4v) is 13.7. The first kappa shape index (κ1) is 42.1. The van der Waals surface area contributed by atoms with Gasteiger partial charge in [0.2, 0.25) is 0 Å². The lowest BCUT2D eigenvalue weighted by Crippen LogP contribution is -2.66. The van der Waals surface area contributed by atoms with Gasteiger partial charge in [-0.25, -0.2) is 0 Å². The third-order valence-corrected chi connectivity index (χ3v) is 16.9. The highest BCUT2D eigenvalue weighted by Gasteiger charge is 2.71. The van der Waals surface area contributed by atoms with Crippen molar-refractivity contribution < 1.29 is 29.3 Å². The van der Waals surface area contributed by atoms with Crippen molar-refractivity contribution in [1.29, 1.82) is 0 Å². The number of nitrogens with one attached hydrogen (secondary N) is 1. The van der Waals surface area contributed by atoms with E-state index in [2.05, 4.69) is 82.9 Å². The molecule has 8 heteroatoms. The Kier molecular flexibility index (Phi) is 11.5. The monoisotopic (exact) mass is 761 g/mol. The predicted molar refractivity (Wildman–Crippen MR) is 217 cm³/mol. The fraction of sp³-hybridized carbons (Fsp3) is 0.766. The summed E-state index contributed by atoms with van der Waals surface area (Å²) in [6.45, 7) is 22.7. The van der Waals surface area contributed by atoms with Crippen LogP contribution in [-0.2, 0) is 25.7 Å². The molecule has 0 saturated heterocycles. The summed E-state index contributed by atoms with van der Waals surface area (Å²) in [7, 11) is 1.97. The third kappa shape index (κ3) is 6.96. The van der Waals surface area contributed by atoms with Crippen molar-refractivity contribution >= 4 is 17.7 Å². The molecular weight excluding hydrogens is 689 g/mol. The highest BCUT2D eigenvalue weighted by Crippen LogP contribution is 2.77. The van der Waals surface area contributed by atoms with E-state index in [4.69, 9.17) is 4.74 Å². The van der Waals surface area contributed by atoms with Crippen molar-refractivity contribution in [3.8, 4) is 0 Å². The summed E-state index contributed by atoms with van der Waals surface area (Å²) in [4.78, 5) is 41.5. The van der Waals surface area contributed by atoms with Crippen LogP contribution in [0.15, 0.2) is 41.5 Å². The minimum absolute atomic E-state index is 0.0149. The molecule has 0 heterocycles. The molecule has 4 saturated carbocycles. The highest BCUT2D eigenvalue weighted by atomic mass is 16.5. The normalized spacial score (nSPS) is 36.2. The lowest BCUT2D eigenvalue weighted by Gasteiger charge is -2.72. The molecule has 3 N–H and O–H groups in total. The van der Waals surface area contributed by atoms with Crippen LogP contribution in [0.25, 0.3) is 0 Å². The summed E-state index contributed by atoms with van der Waals surface area (Å²) in [5.41, 5.74) is 1.72. The number of ketones is 1. The molecule has 2 unspecified atom stereocenters. The topological polar surface area (TPSA) is 116 Å². The second-order valence-corrected chi connectivity index (χ2v) is 20.9. The van der Waals surface area contributed by atoms with E-state index in [0.29, 0.717) is 24.8 Å². The Balaban J connectivity index is 1.28. The van der Waals surface area contributed by atoms with Gasteiger partial charge < -0.3 is 20.3 Å². The second-order valence-electron chi connectivity index (χ2n) is 20.9. The molecule has 4 fully saturated rings. The summed E-state index contributed by atoms with van der Waals surface area (Å²) < 4.78 is 6.19. The molecule has 0 aliphatic heterocycles. The van der Waals surface area contributed by atoms with E-state index in [1.807, 2.05) is 13.1 Å². The molecule has 9 atom stereocenters. The van der Waals surface area contributed by atoms with E-state index >= 15 is 0 Å². The van der Waals surface area contributed by atoms with Crippen LogP contribution in [0.2, 0.25) is 0 Å². The smallest absolute Gasteiger partial charge is 0.309 e. The van der Waals surface area contributed by atoms with E-state index in [0.717, 1.165) is 76.6 Å². The quantitative estimate of drug-likeness (QED) is 0.172. The lowest BCUT2D eigenvalue weighted by atomic mass is 9.33. The molecule has 0 radical (unpaired) electrons. The van der Waals surface area contributed by atoms with E-state index < -0.39 is 28.9 Å². The number of aliphatic carboxylic acids is 1. The van der Waals surface area contributed by atoms with Crippen LogP contribution in [0.5, 0.6) is 0 Å². The number of likely N-dealkylation sites (N-methyl/N-ethyl adjacent to an activating group) is 1. The summed E-state index contributed by atoms with van der Waals surface area (Å²) in [5.74, 6) is 0.0727. The number of rotatable bonds is 13. The minimum atomic E-state index is -1.17. The minimum Gasteiger partial charge on any atom is -0.481 e. The Morgan fingerprint density at radius 3 is 2.27 bits per heavy atom. The zero-order valence-electron chi connectivity index (χ0n) is 35.7. The summed E-state index contributed by atoms with van der Waals surface area (Å²) in [6.07, 6.45) is 7.28. The Bertz CT molecular complexity index is 1650. The van der Waals surface area contributed by atoms with Gasteiger partial charge in [-0.05, 0) is 123 Å². The third-order valence-electron chi connectivity index (χ3n) is 16.9. The molecule has 1 aromatic carbocycles. The zero-order valence-corrected chi connectivity index (χ0v) is 35.7. The first-order chi connectivity index (χ1) is 25.7. The van der Waals surface area contributed by atoms with Crippen molar-refractivity contribution in [2.75, 3.05) is 26.7 Å². The molecule has 8 nitrogen and oxygen atoms in total. The number of hydrogen-bond acceptors (Lipinski definition) is 7. The van der Waals surface area contributed by atoms with Gasteiger partial charge in [-0.1, -0.05) is 84.4 Å². The Hall–Kier alpha value is -2.55. The Morgan fingerprint density at radius 2 is 1.64 bits per heavy atom. The Morgan fingerprint density at radius 1 is 0.945 bits per heavy atom. The van der Waals surface area contributed by atoms with Crippen LogP contribution in [0.1, 0.15) is 132 Å². The summed E-state index contributed by atoms with van der Waals surface area (Å²) in [5, 5.41) is 25.5. The van der Waals surface area contributed by atoms with Gasteiger partial charge in [0.05, 0.1) is 17.9 Å². The number of carboxylic acids is 1. The maximum atomic E-state index is 14.3. The number of ether oxygens (including phenoxy) is 1. The van der Waals surface area contributed by atoms with E-state index in [-0.39, 0.29) is 51.8 Å². The van der Waals surface area contributed by atoms with Crippen LogP contribution in [0, 0.1) is 56.2 Å². The number of esters is 1. The highest BCUT2D eigenvalue weighted by molar-refractivity contribution is 6.00. The van der Waals surface area contributed by atoms with E-state index in [9.17, 15) is 24.6 Å². The molecule has 0 bridgehead atoms. The van der Waals surface area contributed by atoms with Crippen LogP contribution in [0.4, 0.5) is 0 Å². The number of carboxylic acid groups (broad SMARTS) is 1. The number of Topliss-reactive ketones (excluding diaryl/α,β-unsaturated/α-hetero) is 1. The molecule has 306 valence electrons. The number of benzene rings is 1. The molecule has 6 rings (SSSR count). The van der Waals surface area contributed by atoms with Gasteiger partial charge in [0.25, 0.3) is 0 Å². The maximum Gasteiger partial charge on any atom is 0.309 e. The molecule has 5 aliphatic rings. The molecule has 0 spiro atoms. The average molecular weight is 761 g/mol. The van der Waals surface area contributed by atoms with Gasteiger partial charge in [0, 0.05) is 43.4 Å². The van der Waals surface area contributed by atoms with Gasteiger partial charge in [-0.15, -0.1) is 0 Å². The van der Waals surface area contributed by atoms with Crippen molar-refractivity contribution in [3.63, 3.8) is 0 Å². The van der Waals surface area contributed by atoms with Gasteiger partial charge in [-0.2, -0.15) is 0 Å². The summed E-state index contributed by atoms with van der Waals surface area (Å²) >= 11 is 0. The number of carbonyl (C=O) groups excluding carboxylic acids is 2. The number of hydrogen-bond donors (Lipinski definition) is 3. The molecule has 0 amide bonds. The number of aliphatic hydroxyl groups excluding tert-OH is 1. The number of aliphatic hydroxyl groups is 1. The second kappa shape index (κ2) is 15.0. The predicted octanol–water partition coefficient (Wildman–Crippen LogP) is 8.46. The molecule has 55 heavy (non-hydrogen) atoms. The molecular formula is C47H72N2O6. The van der Waals surface area contributed by atoms with Gasteiger partial charge in [0.1, 0.15) is 6.10 Å². The van der Waals surface area contributed by atoms with Crippen LogP contribution >= 0.6 is 0 Å². The Labute approximate surface area is 331 Å². The van der Waals surface area contributed by atoms with Gasteiger partial charge in [0.15, 0.2) is 5.78 Å². The van der Waals surface area contributed by atoms with E-state index in [1.165, 1.54) is 11.1 Å². The first-order valence-electron chi connectivity index (χ1n) is 21.5. The zero-order chi connectivity index (χ0) is 40.4. The largest absolute Gasteiger partial charge is 0.481 e. The number of nitrogens with zero attached hydrogens (tertiary/aromatic N) is 1. The van der Waals surface area contributed by atoms with Crippen LogP contribution in [-0.4, -0.2) is 71.7 Å². The van der Waals surface area contributed by atoms with E-state index in [1.54, 1.807) is 13.8 Å². The number of fused-ring (bicyclic) bond motifs is 7.